The van der Waals surface area contributed by atoms with Crippen molar-refractivity contribution in [2.45, 2.75) is 38.6 Å². The van der Waals surface area contributed by atoms with Crippen LogP contribution in [0.2, 0.25) is 0 Å². The van der Waals surface area contributed by atoms with E-state index in [0.717, 1.165) is 43.5 Å². The van der Waals surface area contributed by atoms with Crippen LogP contribution in [0.1, 0.15) is 58.6 Å². The molecular formula is C31H36FN3O3S. The number of carbonyl (C=O) groups excluding carboxylic acids is 2. The molecule has 0 spiro atoms. The van der Waals surface area contributed by atoms with Crippen LogP contribution < -0.4 is 4.74 Å². The van der Waals surface area contributed by atoms with E-state index in [1.807, 2.05) is 40.1 Å². The summed E-state index contributed by atoms with van der Waals surface area (Å²) in [7, 11) is 0. The maximum atomic E-state index is 14.1. The predicted octanol–water partition coefficient (Wildman–Crippen LogP) is 5.39. The van der Waals surface area contributed by atoms with Crippen LogP contribution >= 0.6 is 11.3 Å². The number of ether oxygens (including phenoxy) is 1. The highest BCUT2D eigenvalue weighted by Gasteiger charge is 2.32. The topological polar surface area (TPSA) is 53.1 Å². The quantitative estimate of drug-likeness (QED) is 0.354. The molecule has 0 N–H and O–H groups in total. The van der Waals surface area contributed by atoms with E-state index in [9.17, 15) is 14.0 Å². The lowest BCUT2D eigenvalue weighted by molar-refractivity contribution is -0.132. The van der Waals surface area contributed by atoms with Gasteiger partial charge in [-0.05, 0) is 78.2 Å². The minimum atomic E-state index is -0.267. The molecule has 1 atom stereocenters. The minimum absolute atomic E-state index is 0.0170. The molecule has 2 amide bonds. The second kappa shape index (κ2) is 12.7. The molecule has 1 fully saturated rings. The van der Waals surface area contributed by atoms with Crippen LogP contribution in [0.4, 0.5) is 4.39 Å². The SMILES string of the molecule is CCCCOc1ccc(C(=O)N2CCCN(C(=O)CN3CCc4sccc4[C@@H]3c3cccc(F)c3)CC2)cc1. The second-order valence-corrected chi connectivity index (χ2v) is 11.2. The maximum absolute atomic E-state index is 14.1. The molecule has 0 saturated carbocycles. The standard InChI is InChI=1S/C31H36FN3O3S/c1-2-3-19-38-26-10-8-23(9-11-26)31(37)34-15-5-14-33(17-18-34)29(36)22-35-16-12-28-27(13-20-39-28)30(35)24-6-4-7-25(32)21-24/h4,6-11,13,20-21,30H,2-3,5,12,14-19,22H2,1H3/t30-/m0/s1. The van der Waals surface area contributed by atoms with Crippen LogP contribution in [0.5, 0.6) is 5.75 Å². The third-order valence-electron chi connectivity index (χ3n) is 7.57. The van der Waals surface area contributed by atoms with Crippen LogP contribution in [0, 0.1) is 5.82 Å². The smallest absolute Gasteiger partial charge is 0.253 e. The molecule has 8 heteroatoms. The van der Waals surface area contributed by atoms with Gasteiger partial charge in [0.25, 0.3) is 5.91 Å². The Morgan fingerprint density at radius 1 is 1.00 bits per heavy atom. The number of unbranched alkanes of at least 4 members (excludes halogenated alkanes) is 1. The summed E-state index contributed by atoms with van der Waals surface area (Å²) in [6.07, 6.45) is 3.70. The van der Waals surface area contributed by atoms with Crippen molar-refractivity contribution in [3.8, 4) is 5.75 Å². The minimum Gasteiger partial charge on any atom is -0.494 e. The summed E-state index contributed by atoms with van der Waals surface area (Å²) in [6.45, 7) is 6.06. The summed E-state index contributed by atoms with van der Waals surface area (Å²) in [5.41, 5.74) is 2.67. The summed E-state index contributed by atoms with van der Waals surface area (Å²) in [4.78, 5) is 33.9. The number of thiophene rings is 1. The molecule has 3 heterocycles. The second-order valence-electron chi connectivity index (χ2n) is 10.2. The Kier molecular flexibility index (Phi) is 8.94. The highest BCUT2D eigenvalue weighted by atomic mass is 32.1. The Hall–Kier alpha value is -3.23. The van der Waals surface area contributed by atoms with E-state index in [0.29, 0.717) is 38.3 Å². The predicted molar refractivity (Wildman–Crippen MR) is 152 cm³/mol. The monoisotopic (exact) mass is 549 g/mol. The fourth-order valence-corrected chi connectivity index (χ4v) is 6.36. The zero-order chi connectivity index (χ0) is 27.2. The molecule has 2 aliphatic rings. The van der Waals surface area contributed by atoms with Gasteiger partial charge in [0.1, 0.15) is 11.6 Å². The molecule has 3 aromatic rings. The zero-order valence-electron chi connectivity index (χ0n) is 22.5. The molecule has 0 bridgehead atoms. The average molecular weight is 550 g/mol. The van der Waals surface area contributed by atoms with E-state index in [2.05, 4.69) is 23.3 Å². The molecule has 0 unspecified atom stereocenters. The highest BCUT2D eigenvalue weighted by molar-refractivity contribution is 7.10. The van der Waals surface area contributed by atoms with Gasteiger partial charge >= 0.3 is 0 Å². The Balaban J connectivity index is 1.21. The van der Waals surface area contributed by atoms with E-state index in [-0.39, 0.29) is 30.2 Å². The molecule has 39 heavy (non-hydrogen) atoms. The molecule has 5 rings (SSSR count). The number of amides is 2. The number of nitrogens with zero attached hydrogens (tertiary/aromatic N) is 3. The first kappa shape index (κ1) is 27.3. The third kappa shape index (κ3) is 6.50. The van der Waals surface area contributed by atoms with Crippen molar-refractivity contribution in [1.29, 1.82) is 0 Å². The average Bonchev–Trinajstić information content (AvgIpc) is 3.28. The first-order chi connectivity index (χ1) is 19.0. The molecule has 1 aromatic heterocycles. The van der Waals surface area contributed by atoms with Crippen LogP contribution in [-0.4, -0.2) is 72.4 Å². The molecule has 2 aromatic carbocycles. The van der Waals surface area contributed by atoms with Crippen molar-refractivity contribution < 1.29 is 18.7 Å². The number of rotatable bonds is 8. The van der Waals surface area contributed by atoms with Crippen molar-refractivity contribution in [1.82, 2.24) is 14.7 Å². The molecule has 0 radical (unpaired) electrons. The Morgan fingerprint density at radius 3 is 2.59 bits per heavy atom. The summed E-state index contributed by atoms with van der Waals surface area (Å²) in [6, 6.07) is 16.0. The first-order valence-corrected chi connectivity index (χ1v) is 14.8. The number of halogens is 1. The van der Waals surface area contributed by atoms with Crippen LogP contribution in [0.3, 0.4) is 0 Å². The van der Waals surface area contributed by atoms with E-state index in [1.54, 1.807) is 23.5 Å². The van der Waals surface area contributed by atoms with Gasteiger partial charge < -0.3 is 14.5 Å². The third-order valence-corrected chi connectivity index (χ3v) is 8.57. The number of hydrogen-bond donors (Lipinski definition) is 0. The highest BCUT2D eigenvalue weighted by Crippen LogP contribution is 2.37. The summed E-state index contributed by atoms with van der Waals surface area (Å²) in [5, 5.41) is 2.08. The lowest BCUT2D eigenvalue weighted by Gasteiger charge is -2.37. The summed E-state index contributed by atoms with van der Waals surface area (Å²) in [5.74, 6) is 0.545. The lowest BCUT2D eigenvalue weighted by Crippen LogP contribution is -2.45. The Bertz CT molecular complexity index is 1280. The van der Waals surface area contributed by atoms with E-state index in [4.69, 9.17) is 4.74 Å². The summed E-state index contributed by atoms with van der Waals surface area (Å²) >= 11 is 1.73. The Morgan fingerprint density at radius 2 is 1.79 bits per heavy atom. The van der Waals surface area contributed by atoms with Gasteiger partial charge in [0.15, 0.2) is 0 Å². The lowest BCUT2D eigenvalue weighted by atomic mass is 9.93. The number of fused-ring (bicyclic) bond motifs is 1. The first-order valence-electron chi connectivity index (χ1n) is 13.9. The van der Waals surface area contributed by atoms with Gasteiger partial charge in [-0.1, -0.05) is 25.5 Å². The Labute approximate surface area is 234 Å². The number of benzene rings is 2. The van der Waals surface area contributed by atoms with E-state index in [1.165, 1.54) is 16.5 Å². The van der Waals surface area contributed by atoms with Gasteiger partial charge in [-0.15, -0.1) is 11.3 Å². The summed E-state index contributed by atoms with van der Waals surface area (Å²) < 4.78 is 19.8. The van der Waals surface area contributed by atoms with Crippen LogP contribution in [0.15, 0.2) is 60.0 Å². The molecule has 206 valence electrons. The van der Waals surface area contributed by atoms with Gasteiger partial charge in [0.2, 0.25) is 5.91 Å². The van der Waals surface area contributed by atoms with Crippen molar-refractivity contribution >= 4 is 23.2 Å². The normalized spacial score (nSPS) is 17.9. The van der Waals surface area contributed by atoms with E-state index >= 15 is 0 Å². The van der Waals surface area contributed by atoms with Gasteiger partial charge in [-0.2, -0.15) is 0 Å². The molecule has 2 aliphatic heterocycles. The molecular weight excluding hydrogens is 513 g/mol. The van der Waals surface area contributed by atoms with Crippen molar-refractivity contribution in [2.24, 2.45) is 0 Å². The van der Waals surface area contributed by atoms with Gasteiger partial charge in [-0.25, -0.2) is 4.39 Å². The van der Waals surface area contributed by atoms with E-state index < -0.39 is 0 Å². The van der Waals surface area contributed by atoms with Crippen LogP contribution in [0.25, 0.3) is 0 Å². The fourth-order valence-electron chi connectivity index (χ4n) is 5.46. The maximum Gasteiger partial charge on any atom is 0.253 e. The van der Waals surface area contributed by atoms with Gasteiger partial charge in [0.05, 0.1) is 19.2 Å². The number of hydrogen-bond acceptors (Lipinski definition) is 5. The van der Waals surface area contributed by atoms with Crippen molar-refractivity contribution in [2.75, 3.05) is 45.9 Å². The van der Waals surface area contributed by atoms with Crippen molar-refractivity contribution in [3.63, 3.8) is 0 Å². The van der Waals surface area contributed by atoms with Gasteiger partial charge in [0, 0.05) is 43.2 Å². The number of carbonyl (C=O) groups is 2. The largest absolute Gasteiger partial charge is 0.494 e. The fraction of sp³-hybridized carbons (Fsp3) is 0.419. The van der Waals surface area contributed by atoms with Crippen LogP contribution in [-0.2, 0) is 11.2 Å². The van der Waals surface area contributed by atoms with Gasteiger partial charge in [-0.3, -0.25) is 14.5 Å². The van der Waals surface area contributed by atoms with Crippen molar-refractivity contribution in [3.05, 3.63) is 87.4 Å². The molecule has 0 aliphatic carbocycles. The zero-order valence-corrected chi connectivity index (χ0v) is 23.3. The molecule has 6 nitrogen and oxygen atoms in total. The molecule has 1 saturated heterocycles.